The molecule has 0 spiro atoms. The number of ether oxygens (including phenoxy) is 2. The van der Waals surface area contributed by atoms with Gasteiger partial charge in [0.25, 0.3) is 5.91 Å². The van der Waals surface area contributed by atoms with E-state index in [1.807, 2.05) is 37.3 Å². The minimum atomic E-state index is -0.123. The fourth-order valence-electron chi connectivity index (χ4n) is 4.07. The molecule has 0 saturated carbocycles. The van der Waals surface area contributed by atoms with Gasteiger partial charge >= 0.3 is 5.69 Å². The molecule has 30 heavy (non-hydrogen) atoms. The van der Waals surface area contributed by atoms with Gasteiger partial charge in [-0.2, -0.15) is 0 Å². The lowest BCUT2D eigenvalue weighted by Crippen LogP contribution is -2.32. The van der Waals surface area contributed by atoms with Gasteiger partial charge in [-0.25, -0.2) is 9.78 Å². The van der Waals surface area contributed by atoms with Crippen molar-refractivity contribution in [2.75, 3.05) is 33.4 Å². The van der Waals surface area contributed by atoms with Gasteiger partial charge in [-0.1, -0.05) is 12.1 Å². The molecule has 1 aliphatic heterocycles. The molecule has 3 aromatic rings. The van der Waals surface area contributed by atoms with Crippen LogP contribution in [0.25, 0.3) is 11.2 Å². The first kappa shape index (κ1) is 20.2. The van der Waals surface area contributed by atoms with E-state index < -0.39 is 0 Å². The van der Waals surface area contributed by atoms with Crippen LogP contribution in [0.4, 0.5) is 0 Å². The van der Waals surface area contributed by atoms with E-state index in [0.29, 0.717) is 56.2 Å². The second kappa shape index (κ2) is 8.71. The summed E-state index contributed by atoms with van der Waals surface area (Å²) < 4.78 is 14.2. The predicted molar refractivity (Wildman–Crippen MR) is 113 cm³/mol. The zero-order valence-electron chi connectivity index (χ0n) is 17.3. The molecule has 1 aromatic carbocycles. The Labute approximate surface area is 174 Å². The molecule has 0 aliphatic carbocycles. The SMILES string of the molecule is CCOc1ccccc1C(=O)N1CC[C@@H](n2c(=O)n(CCOC)c3cccnc32)C1. The Balaban J connectivity index is 1.63. The van der Waals surface area contributed by atoms with Crippen LogP contribution >= 0.6 is 0 Å². The first-order valence-corrected chi connectivity index (χ1v) is 10.2. The van der Waals surface area contributed by atoms with Gasteiger partial charge in [-0.3, -0.25) is 13.9 Å². The molecule has 3 heterocycles. The second-order valence-corrected chi connectivity index (χ2v) is 7.27. The number of nitrogens with zero attached hydrogens (tertiary/aromatic N) is 4. The fourth-order valence-corrected chi connectivity index (χ4v) is 4.07. The maximum Gasteiger partial charge on any atom is 0.330 e. The van der Waals surface area contributed by atoms with Gasteiger partial charge in [0.15, 0.2) is 5.65 Å². The molecule has 1 aliphatic rings. The van der Waals surface area contributed by atoms with Crippen LogP contribution < -0.4 is 10.4 Å². The molecule has 158 valence electrons. The number of pyridine rings is 1. The average Bonchev–Trinajstić information content (AvgIpc) is 3.35. The van der Waals surface area contributed by atoms with E-state index in [1.54, 1.807) is 33.4 Å². The predicted octanol–water partition coefficient (Wildman–Crippen LogP) is 2.33. The molecule has 0 unspecified atom stereocenters. The number of carbonyl (C=O) groups is 1. The molecule has 1 saturated heterocycles. The molecule has 2 aromatic heterocycles. The van der Waals surface area contributed by atoms with Crippen molar-refractivity contribution < 1.29 is 14.3 Å². The molecule has 1 fully saturated rings. The van der Waals surface area contributed by atoms with Crippen molar-refractivity contribution in [2.45, 2.75) is 25.9 Å². The van der Waals surface area contributed by atoms with Crippen LogP contribution in [0.15, 0.2) is 47.4 Å². The topological polar surface area (TPSA) is 78.6 Å². The van der Waals surface area contributed by atoms with Gasteiger partial charge in [-0.05, 0) is 37.6 Å². The zero-order valence-corrected chi connectivity index (χ0v) is 17.3. The Kier molecular flexibility index (Phi) is 5.85. The molecule has 0 bridgehead atoms. The highest BCUT2D eigenvalue weighted by Gasteiger charge is 2.32. The van der Waals surface area contributed by atoms with E-state index in [2.05, 4.69) is 4.98 Å². The highest BCUT2D eigenvalue weighted by atomic mass is 16.5. The van der Waals surface area contributed by atoms with Crippen molar-refractivity contribution in [1.29, 1.82) is 0 Å². The van der Waals surface area contributed by atoms with Crippen LogP contribution in [0, 0.1) is 0 Å². The number of para-hydroxylation sites is 1. The van der Waals surface area contributed by atoms with Gasteiger partial charge in [0.1, 0.15) is 5.75 Å². The summed E-state index contributed by atoms with van der Waals surface area (Å²) in [5.41, 5.74) is 1.86. The number of amides is 1. The van der Waals surface area contributed by atoms with Gasteiger partial charge in [0.2, 0.25) is 0 Å². The third-order valence-corrected chi connectivity index (χ3v) is 5.47. The van der Waals surface area contributed by atoms with Gasteiger partial charge in [0.05, 0.1) is 36.9 Å². The van der Waals surface area contributed by atoms with Crippen LogP contribution in [0.5, 0.6) is 5.75 Å². The number of carbonyl (C=O) groups excluding carboxylic acids is 1. The Bertz CT molecular complexity index is 1100. The van der Waals surface area contributed by atoms with E-state index in [-0.39, 0.29) is 17.6 Å². The van der Waals surface area contributed by atoms with E-state index in [4.69, 9.17) is 9.47 Å². The van der Waals surface area contributed by atoms with Crippen molar-refractivity contribution in [3.05, 3.63) is 58.6 Å². The number of methoxy groups -OCH3 is 1. The number of benzene rings is 1. The fraction of sp³-hybridized carbons (Fsp3) is 0.409. The molecule has 0 N–H and O–H groups in total. The molecule has 8 nitrogen and oxygen atoms in total. The third kappa shape index (κ3) is 3.59. The standard InChI is InChI=1S/C22H26N4O4/c1-3-30-19-9-5-4-7-17(19)21(27)24-12-10-16(15-24)26-20-18(8-6-11-23-20)25(22(26)28)13-14-29-2/h4-9,11,16H,3,10,12-15H2,1-2H3/t16-/m1/s1. The summed E-state index contributed by atoms with van der Waals surface area (Å²) >= 11 is 0. The molecule has 1 atom stereocenters. The van der Waals surface area contributed by atoms with Crippen LogP contribution in [0.3, 0.4) is 0 Å². The summed E-state index contributed by atoms with van der Waals surface area (Å²) in [6.07, 6.45) is 2.39. The molecule has 8 heteroatoms. The van der Waals surface area contributed by atoms with E-state index >= 15 is 0 Å². The molecular formula is C22H26N4O4. The first-order chi connectivity index (χ1) is 14.7. The highest BCUT2D eigenvalue weighted by molar-refractivity contribution is 5.97. The normalized spacial score (nSPS) is 16.3. The number of fused-ring (bicyclic) bond motifs is 1. The van der Waals surface area contributed by atoms with Crippen molar-refractivity contribution >= 4 is 17.1 Å². The lowest BCUT2D eigenvalue weighted by molar-refractivity contribution is 0.0783. The van der Waals surface area contributed by atoms with E-state index in [0.717, 1.165) is 5.52 Å². The molecule has 0 radical (unpaired) electrons. The Morgan fingerprint density at radius 2 is 2.07 bits per heavy atom. The summed E-state index contributed by atoms with van der Waals surface area (Å²) in [6.45, 7) is 4.33. The smallest absolute Gasteiger partial charge is 0.330 e. The van der Waals surface area contributed by atoms with E-state index in [1.165, 1.54) is 0 Å². The van der Waals surface area contributed by atoms with Gasteiger partial charge in [-0.15, -0.1) is 0 Å². The number of likely N-dealkylation sites (tertiary alicyclic amines) is 1. The number of imidazole rings is 1. The minimum absolute atomic E-state index is 0.0781. The summed E-state index contributed by atoms with van der Waals surface area (Å²) in [6, 6.07) is 10.9. The first-order valence-electron chi connectivity index (χ1n) is 10.2. The zero-order chi connectivity index (χ0) is 21.1. The van der Waals surface area contributed by atoms with Crippen LogP contribution in [-0.4, -0.2) is 58.3 Å². The Morgan fingerprint density at radius 3 is 2.87 bits per heavy atom. The van der Waals surface area contributed by atoms with Gasteiger partial charge < -0.3 is 14.4 Å². The van der Waals surface area contributed by atoms with Crippen LogP contribution in [0.2, 0.25) is 0 Å². The van der Waals surface area contributed by atoms with Crippen molar-refractivity contribution in [3.63, 3.8) is 0 Å². The Hall–Kier alpha value is -3.13. The molecular weight excluding hydrogens is 384 g/mol. The third-order valence-electron chi connectivity index (χ3n) is 5.47. The lowest BCUT2D eigenvalue weighted by Gasteiger charge is -2.19. The maximum atomic E-state index is 13.2. The highest BCUT2D eigenvalue weighted by Crippen LogP contribution is 2.27. The van der Waals surface area contributed by atoms with Gasteiger partial charge in [0, 0.05) is 26.4 Å². The molecule has 1 amide bonds. The number of aromatic nitrogens is 3. The van der Waals surface area contributed by atoms with E-state index in [9.17, 15) is 9.59 Å². The van der Waals surface area contributed by atoms with Crippen molar-refractivity contribution in [2.24, 2.45) is 0 Å². The second-order valence-electron chi connectivity index (χ2n) is 7.27. The molecule has 4 rings (SSSR count). The van der Waals surface area contributed by atoms with Crippen LogP contribution in [0.1, 0.15) is 29.7 Å². The van der Waals surface area contributed by atoms with Crippen molar-refractivity contribution in [3.8, 4) is 5.75 Å². The quantitative estimate of drug-likeness (QED) is 0.597. The van der Waals surface area contributed by atoms with Crippen LogP contribution in [-0.2, 0) is 11.3 Å². The minimum Gasteiger partial charge on any atom is -0.493 e. The summed E-state index contributed by atoms with van der Waals surface area (Å²) in [7, 11) is 1.61. The number of hydrogen-bond donors (Lipinski definition) is 0. The lowest BCUT2D eigenvalue weighted by atomic mass is 10.2. The largest absolute Gasteiger partial charge is 0.493 e. The number of rotatable bonds is 7. The maximum absolute atomic E-state index is 13.2. The summed E-state index contributed by atoms with van der Waals surface area (Å²) in [5, 5.41) is 0. The Morgan fingerprint density at radius 1 is 1.23 bits per heavy atom. The van der Waals surface area contributed by atoms with Crippen molar-refractivity contribution in [1.82, 2.24) is 19.0 Å². The number of hydrogen-bond acceptors (Lipinski definition) is 5. The average molecular weight is 410 g/mol. The monoisotopic (exact) mass is 410 g/mol. The summed E-state index contributed by atoms with van der Waals surface area (Å²) in [5.74, 6) is 0.508. The summed E-state index contributed by atoms with van der Waals surface area (Å²) in [4.78, 5) is 32.6.